The average Bonchev–Trinajstić information content (AvgIpc) is 3.47. The van der Waals surface area contributed by atoms with Crippen LogP contribution in [0.4, 0.5) is 5.69 Å². The molecule has 0 atom stereocenters. The number of rotatable bonds is 8. The number of nitro groups is 1. The van der Waals surface area contributed by atoms with Gasteiger partial charge < -0.3 is 5.32 Å². The van der Waals surface area contributed by atoms with Crippen LogP contribution in [0.1, 0.15) is 18.4 Å². The number of hydrogen-bond acceptors (Lipinski definition) is 5. The molecule has 0 spiro atoms. The summed E-state index contributed by atoms with van der Waals surface area (Å²) in [4.78, 5) is 22.5. The number of carbonyl (C=O) groups excluding carboxylic acids is 1. The number of benzene rings is 2. The van der Waals surface area contributed by atoms with Gasteiger partial charge in [0, 0.05) is 30.2 Å². The molecule has 0 unspecified atom stereocenters. The number of nitro benzene ring substituents is 1. The molecule has 0 aromatic heterocycles. The Morgan fingerprint density at radius 3 is 2.50 bits per heavy atom. The molecule has 0 bridgehead atoms. The fourth-order valence-corrected chi connectivity index (χ4v) is 4.20. The van der Waals surface area contributed by atoms with E-state index in [4.69, 9.17) is 11.6 Å². The minimum Gasteiger partial charge on any atom is -0.354 e. The summed E-state index contributed by atoms with van der Waals surface area (Å²) in [5.41, 5.74) is -0.0767. The summed E-state index contributed by atoms with van der Waals surface area (Å²) in [7, 11) is -3.92. The molecule has 1 amide bonds. The van der Waals surface area contributed by atoms with Gasteiger partial charge >= 0.3 is 0 Å². The van der Waals surface area contributed by atoms with Gasteiger partial charge in [0.2, 0.25) is 15.9 Å². The number of hydrogen-bond donors (Lipinski definition) is 2. The van der Waals surface area contributed by atoms with Crippen LogP contribution in [0.3, 0.4) is 0 Å². The molecule has 1 fully saturated rings. The quantitative estimate of drug-likeness (QED) is 0.384. The molecule has 8 nitrogen and oxygen atoms in total. The molecule has 2 N–H and O–H groups in total. The molecule has 2 aromatic rings. The molecule has 1 aliphatic carbocycles. The Hall–Kier alpha value is -2.49. The number of carbonyl (C=O) groups is 1. The Morgan fingerprint density at radius 2 is 1.86 bits per heavy atom. The second-order valence-electron chi connectivity index (χ2n) is 6.50. The molecule has 1 aliphatic rings. The second kappa shape index (κ2) is 7.86. The summed E-state index contributed by atoms with van der Waals surface area (Å²) in [6.07, 6.45) is 1.41. The van der Waals surface area contributed by atoms with Crippen molar-refractivity contribution < 1.29 is 18.1 Å². The maximum atomic E-state index is 12.5. The van der Waals surface area contributed by atoms with Crippen molar-refractivity contribution in [2.75, 3.05) is 13.1 Å². The Morgan fingerprint density at radius 1 is 1.14 bits per heavy atom. The van der Waals surface area contributed by atoms with Crippen molar-refractivity contribution in [3.8, 4) is 0 Å². The van der Waals surface area contributed by atoms with E-state index in [-0.39, 0.29) is 29.6 Å². The Labute approximate surface area is 167 Å². The minimum absolute atomic E-state index is 0.0393. The van der Waals surface area contributed by atoms with Gasteiger partial charge in [-0.2, -0.15) is 0 Å². The van der Waals surface area contributed by atoms with E-state index in [0.717, 1.165) is 11.6 Å². The third-order valence-corrected chi connectivity index (χ3v) is 6.30. The standard InChI is InChI=1S/C18H18ClN3O5S/c19-14-4-1-3-13(11-14)18(7-8-18)17(23)20-9-10-21-28(26,27)16-6-2-5-15(12-16)22(24)25/h1-6,11-12,21H,7-10H2,(H,20,23). The van der Waals surface area contributed by atoms with Crippen LogP contribution in [0.5, 0.6) is 0 Å². The zero-order valence-corrected chi connectivity index (χ0v) is 16.3. The second-order valence-corrected chi connectivity index (χ2v) is 8.70. The van der Waals surface area contributed by atoms with Crippen LogP contribution in [0, 0.1) is 10.1 Å². The van der Waals surface area contributed by atoms with Crippen molar-refractivity contribution in [1.82, 2.24) is 10.0 Å². The largest absolute Gasteiger partial charge is 0.354 e. The van der Waals surface area contributed by atoms with E-state index in [2.05, 4.69) is 10.0 Å². The molecule has 3 rings (SSSR count). The topological polar surface area (TPSA) is 118 Å². The first kappa shape index (κ1) is 20.2. The normalized spacial score (nSPS) is 15.0. The number of nitrogens with zero attached hydrogens (tertiary/aromatic N) is 1. The Bertz CT molecular complexity index is 1020. The lowest BCUT2D eigenvalue weighted by Crippen LogP contribution is -2.39. The first-order valence-corrected chi connectivity index (χ1v) is 10.4. The van der Waals surface area contributed by atoms with Crippen molar-refractivity contribution in [3.63, 3.8) is 0 Å². The van der Waals surface area contributed by atoms with Crippen LogP contribution < -0.4 is 10.0 Å². The van der Waals surface area contributed by atoms with Crippen LogP contribution in [0.15, 0.2) is 53.4 Å². The Kier molecular flexibility index (Phi) is 5.69. The van der Waals surface area contributed by atoms with Crippen LogP contribution in [0.25, 0.3) is 0 Å². The van der Waals surface area contributed by atoms with E-state index >= 15 is 0 Å². The lowest BCUT2D eigenvalue weighted by Gasteiger charge is -2.16. The van der Waals surface area contributed by atoms with Crippen LogP contribution in [-0.4, -0.2) is 32.3 Å². The highest BCUT2D eigenvalue weighted by atomic mass is 35.5. The first-order chi connectivity index (χ1) is 13.2. The summed E-state index contributed by atoms with van der Waals surface area (Å²) < 4.78 is 26.8. The number of nitrogens with one attached hydrogen (secondary N) is 2. The zero-order valence-electron chi connectivity index (χ0n) is 14.7. The molecule has 1 saturated carbocycles. The van der Waals surface area contributed by atoms with Crippen molar-refractivity contribution in [3.05, 3.63) is 69.2 Å². The van der Waals surface area contributed by atoms with Gasteiger partial charge in [0.1, 0.15) is 0 Å². The average molecular weight is 424 g/mol. The highest BCUT2D eigenvalue weighted by Crippen LogP contribution is 2.48. The van der Waals surface area contributed by atoms with Gasteiger partial charge in [0.15, 0.2) is 0 Å². The number of halogens is 1. The summed E-state index contributed by atoms with van der Waals surface area (Å²) >= 11 is 6.00. The summed E-state index contributed by atoms with van der Waals surface area (Å²) in [6.45, 7) is 0.0533. The number of sulfonamides is 1. The van der Waals surface area contributed by atoms with Gasteiger partial charge in [0.25, 0.3) is 5.69 Å². The van der Waals surface area contributed by atoms with E-state index in [1.54, 1.807) is 18.2 Å². The van der Waals surface area contributed by atoms with E-state index < -0.39 is 20.4 Å². The van der Waals surface area contributed by atoms with Crippen LogP contribution in [0.2, 0.25) is 5.02 Å². The molecule has 148 valence electrons. The minimum atomic E-state index is -3.92. The van der Waals surface area contributed by atoms with Gasteiger partial charge in [-0.15, -0.1) is 0 Å². The molecule has 0 aliphatic heterocycles. The van der Waals surface area contributed by atoms with Crippen molar-refractivity contribution >= 4 is 33.2 Å². The maximum Gasteiger partial charge on any atom is 0.270 e. The first-order valence-electron chi connectivity index (χ1n) is 8.53. The fourth-order valence-electron chi connectivity index (χ4n) is 2.94. The van der Waals surface area contributed by atoms with Gasteiger partial charge in [-0.1, -0.05) is 29.8 Å². The molecule has 0 heterocycles. The van der Waals surface area contributed by atoms with E-state index in [1.165, 1.54) is 18.2 Å². The number of non-ortho nitro benzene ring substituents is 1. The highest BCUT2D eigenvalue weighted by molar-refractivity contribution is 7.89. The molecular formula is C18H18ClN3O5S. The summed E-state index contributed by atoms with van der Waals surface area (Å²) in [5, 5.41) is 14.1. The molecular weight excluding hydrogens is 406 g/mol. The summed E-state index contributed by atoms with van der Waals surface area (Å²) in [6, 6.07) is 11.9. The third kappa shape index (κ3) is 4.32. The van der Waals surface area contributed by atoms with Crippen molar-refractivity contribution in [1.29, 1.82) is 0 Å². The molecule has 2 aromatic carbocycles. The van der Waals surface area contributed by atoms with Gasteiger partial charge in [-0.3, -0.25) is 14.9 Å². The Balaban J connectivity index is 1.56. The van der Waals surface area contributed by atoms with Gasteiger partial charge in [-0.25, -0.2) is 13.1 Å². The van der Waals surface area contributed by atoms with Crippen molar-refractivity contribution in [2.24, 2.45) is 0 Å². The maximum absolute atomic E-state index is 12.5. The predicted molar refractivity (Wildman–Crippen MR) is 104 cm³/mol. The fraction of sp³-hybridized carbons (Fsp3) is 0.278. The van der Waals surface area contributed by atoms with E-state index in [0.29, 0.717) is 17.9 Å². The summed E-state index contributed by atoms with van der Waals surface area (Å²) in [5.74, 6) is -0.177. The molecule has 0 saturated heterocycles. The van der Waals surface area contributed by atoms with Crippen LogP contribution >= 0.6 is 11.6 Å². The zero-order chi connectivity index (χ0) is 20.4. The number of amides is 1. The van der Waals surface area contributed by atoms with E-state index in [9.17, 15) is 23.3 Å². The molecule has 10 heteroatoms. The smallest absolute Gasteiger partial charge is 0.270 e. The molecule has 0 radical (unpaired) electrons. The van der Waals surface area contributed by atoms with Gasteiger partial charge in [0.05, 0.1) is 15.2 Å². The lowest BCUT2D eigenvalue weighted by molar-refractivity contribution is -0.385. The predicted octanol–water partition coefficient (Wildman–Crippen LogP) is 2.37. The van der Waals surface area contributed by atoms with Gasteiger partial charge in [-0.05, 0) is 36.6 Å². The molecule has 28 heavy (non-hydrogen) atoms. The highest BCUT2D eigenvalue weighted by Gasteiger charge is 2.51. The van der Waals surface area contributed by atoms with Crippen molar-refractivity contribution in [2.45, 2.75) is 23.2 Å². The lowest BCUT2D eigenvalue weighted by atomic mass is 9.95. The van der Waals surface area contributed by atoms with E-state index in [1.807, 2.05) is 6.07 Å². The third-order valence-electron chi connectivity index (χ3n) is 4.60. The van der Waals surface area contributed by atoms with Crippen LogP contribution in [-0.2, 0) is 20.2 Å². The SMILES string of the molecule is O=C(NCCNS(=O)(=O)c1cccc([N+](=O)[O-])c1)C1(c2cccc(Cl)c2)CC1. The monoisotopic (exact) mass is 423 g/mol.